The molecular weight excluding hydrogens is 316 g/mol. The van der Waals surface area contributed by atoms with E-state index in [1.807, 2.05) is 0 Å². The molecule has 5 nitrogen and oxygen atoms in total. The van der Waals surface area contributed by atoms with Gasteiger partial charge in [0.15, 0.2) is 0 Å². The predicted molar refractivity (Wildman–Crippen MR) is 91.1 cm³/mol. The normalized spacial score (nSPS) is 10.0. The zero-order chi connectivity index (χ0) is 16.8. The molecule has 0 unspecified atom stereocenters. The predicted octanol–water partition coefficient (Wildman–Crippen LogP) is 3.62. The van der Waals surface area contributed by atoms with E-state index in [2.05, 4.69) is 10.6 Å². The summed E-state index contributed by atoms with van der Waals surface area (Å²) in [7, 11) is 1.51. The third-order valence-electron chi connectivity index (χ3n) is 3.24. The van der Waals surface area contributed by atoms with E-state index < -0.39 is 11.8 Å². The zero-order valence-corrected chi connectivity index (χ0v) is 13.6. The second kappa shape index (κ2) is 7.65. The lowest BCUT2D eigenvalue weighted by atomic mass is 10.2. The van der Waals surface area contributed by atoms with Gasteiger partial charge in [0.2, 0.25) is 11.8 Å². The minimum Gasteiger partial charge on any atom is -0.495 e. The van der Waals surface area contributed by atoms with E-state index in [4.69, 9.17) is 16.3 Å². The monoisotopic (exact) mass is 332 g/mol. The van der Waals surface area contributed by atoms with Crippen LogP contribution in [0.4, 0.5) is 11.4 Å². The highest BCUT2D eigenvalue weighted by molar-refractivity contribution is 6.31. The molecule has 120 valence electrons. The number of para-hydroxylation sites is 2. The third-order valence-corrected chi connectivity index (χ3v) is 3.65. The van der Waals surface area contributed by atoms with Crippen LogP contribution in [-0.2, 0) is 9.59 Å². The highest BCUT2D eigenvalue weighted by Gasteiger charge is 2.13. The lowest BCUT2D eigenvalue weighted by Gasteiger charge is -2.11. The summed E-state index contributed by atoms with van der Waals surface area (Å²) in [6.45, 7) is 1.80. The first-order chi connectivity index (χ1) is 11.0. The summed E-state index contributed by atoms with van der Waals surface area (Å²) >= 11 is 6.00. The van der Waals surface area contributed by atoms with Crippen molar-refractivity contribution in [3.05, 3.63) is 53.1 Å². The molecule has 0 bridgehead atoms. The Morgan fingerprint density at radius 2 is 1.61 bits per heavy atom. The number of rotatable bonds is 5. The number of halogens is 1. The number of ether oxygens (including phenoxy) is 1. The van der Waals surface area contributed by atoms with Crippen molar-refractivity contribution in [2.45, 2.75) is 13.3 Å². The number of carbonyl (C=O) groups excluding carboxylic acids is 2. The van der Waals surface area contributed by atoms with Gasteiger partial charge in [0.05, 0.1) is 12.8 Å². The van der Waals surface area contributed by atoms with Crippen LogP contribution in [-0.4, -0.2) is 18.9 Å². The molecule has 0 heterocycles. The van der Waals surface area contributed by atoms with Crippen molar-refractivity contribution >= 4 is 34.8 Å². The van der Waals surface area contributed by atoms with Crippen molar-refractivity contribution in [3.63, 3.8) is 0 Å². The van der Waals surface area contributed by atoms with Crippen molar-refractivity contribution in [1.29, 1.82) is 0 Å². The van der Waals surface area contributed by atoms with Gasteiger partial charge in [0.1, 0.15) is 12.2 Å². The molecule has 2 N–H and O–H groups in total. The number of hydrogen-bond acceptors (Lipinski definition) is 3. The van der Waals surface area contributed by atoms with Crippen LogP contribution in [0.25, 0.3) is 0 Å². The average molecular weight is 333 g/mol. The van der Waals surface area contributed by atoms with Crippen LogP contribution in [0.5, 0.6) is 5.75 Å². The molecule has 0 atom stereocenters. The van der Waals surface area contributed by atoms with E-state index in [1.54, 1.807) is 49.4 Å². The van der Waals surface area contributed by atoms with Gasteiger partial charge in [-0.1, -0.05) is 29.8 Å². The lowest BCUT2D eigenvalue weighted by molar-refractivity contribution is -0.123. The second-order valence-corrected chi connectivity index (χ2v) is 5.29. The zero-order valence-electron chi connectivity index (χ0n) is 12.9. The third kappa shape index (κ3) is 4.47. The van der Waals surface area contributed by atoms with Crippen molar-refractivity contribution in [2.75, 3.05) is 17.7 Å². The van der Waals surface area contributed by atoms with Crippen molar-refractivity contribution < 1.29 is 14.3 Å². The number of nitrogens with one attached hydrogen (secondary N) is 2. The van der Waals surface area contributed by atoms with Gasteiger partial charge in [0, 0.05) is 10.7 Å². The highest BCUT2D eigenvalue weighted by Crippen LogP contribution is 2.24. The van der Waals surface area contributed by atoms with E-state index in [-0.39, 0.29) is 6.42 Å². The molecule has 6 heteroatoms. The van der Waals surface area contributed by atoms with Crippen molar-refractivity contribution in [3.8, 4) is 5.75 Å². The molecule has 0 saturated carbocycles. The minimum absolute atomic E-state index is 0.302. The molecule has 0 aliphatic rings. The summed E-state index contributed by atoms with van der Waals surface area (Å²) in [4.78, 5) is 24.0. The van der Waals surface area contributed by atoms with Crippen LogP contribution in [0.15, 0.2) is 42.5 Å². The molecule has 2 rings (SSSR count). The van der Waals surface area contributed by atoms with Gasteiger partial charge < -0.3 is 15.4 Å². The van der Waals surface area contributed by atoms with Gasteiger partial charge in [-0.2, -0.15) is 0 Å². The van der Waals surface area contributed by atoms with E-state index in [9.17, 15) is 9.59 Å². The Morgan fingerprint density at radius 3 is 2.30 bits per heavy atom. The van der Waals surface area contributed by atoms with Gasteiger partial charge >= 0.3 is 0 Å². The molecule has 0 fully saturated rings. The summed E-state index contributed by atoms with van der Waals surface area (Å²) in [6.07, 6.45) is -0.302. The molecule has 0 aliphatic heterocycles. The summed E-state index contributed by atoms with van der Waals surface area (Å²) in [5.41, 5.74) is 1.87. The van der Waals surface area contributed by atoms with Crippen molar-refractivity contribution in [1.82, 2.24) is 0 Å². The molecule has 0 aliphatic carbocycles. The minimum atomic E-state index is -0.424. The number of methoxy groups -OCH3 is 1. The first-order valence-corrected chi connectivity index (χ1v) is 7.37. The summed E-state index contributed by atoms with van der Waals surface area (Å²) in [5.74, 6) is -0.304. The smallest absolute Gasteiger partial charge is 0.233 e. The van der Waals surface area contributed by atoms with Gasteiger partial charge in [-0.25, -0.2) is 0 Å². The maximum absolute atomic E-state index is 12.0. The Morgan fingerprint density at radius 1 is 1.00 bits per heavy atom. The number of benzene rings is 2. The van der Waals surface area contributed by atoms with Crippen LogP contribution < -0.4 is 15.4 Å². The topological polar surface area (TPSA) is 67.4 Å². The number of anilines is 2. The SMILES string of the molecule is COc1ccccc1NC(=O)CC(=O)Nc1cccc(Cl)c1C. The summed E-state index contributed by atoms with van der Waals surface area (Å²) in [5, 5.41) is 5.89. The van der Waals surface area contributed by atoms with Crippen molar-refractivity contribution in [2.24, 2.45) is 0 Å². The number of amides is 2. The fourth-order valence-corrected chi connectivity index (χ4v) is 2.20. The fraction of sp³-hybridized carbons (Fsp3) is 0.176. The molecule has 2 amide bonds. The Bertz CT molecular complexity index is 732. The number of hydrogen-bond donors (Lipinski definition) is 2. The van der Waals surface area contributed by atoms with Crippen LogP contribution in [0.2, 0.25) is 5.02 Å². The Balaban J connectivity index is 1.97. The van der Waals surface area contributed by atoms with E-state index in [0.29, 0.717) is 22.1 Å². The lowest BCUT2D eigenvalue weighted by Crippen LogP contribution is -2.22. The average Bonchev–Trinajstić information content (AvgIpc) is 2.52. The maximum Gasteiger partial charge on any atom is 0.233 e. The summed E-state index contributed by atoms with van der Waals surface area (Å²) < 4.78 is 5.15. The molecule has 0 spiro atoms. The van der Waals surface area contributed by atoms with Crippen LogP contribution in [0, 0.1) is 6.92 Å². The number of carbonyl (C=O) groups is 2. The largest absolute Gasteiger partial charge is 0.495 e. The molecule has 23 heavy (non-hydrogen) atoms. The summed E-state index contributed by atoms with van der Waals surface area (Å²) in [6, 6.07) is 12.2. The molecule has 2 aromatic carbocycles. The van der Waals surface area contributed by atoms with Crippen LogP contribution in [0.1, 0.15) is 12.0 Å². The van der Waals surface area contributed by atoms with Crippen LogP contribution >= 0.6 is 11.6 Å². The molecular formula is C17H17ClN2O3. The highest BCUT2D eigenvalue weighted by atomic mass is 35.5. The van der Waals surface area contributed by atoms with E-state index in [0.717, 1.165) is 5.56 Å². The molecule has 0 aromatic heterocycles. The first-order valence-electron chi connectivity index (χ1n) is 6.99. The van der Waals surface area contributed by atoms with E-state index in [1.165, 1.54) is 7.11 Å². The van der Waals surface area contributed by atoms with Gasteiger partial charge in [-0.15, -0.1) is 0 Å². The standard InChI is InChI=1S/C17H17ClN2O3/c1-11-12(18)6-5-8-13(11)19-16(21)10-17(22)20-14-7-3-4-9-15(14)23-2/h3-9H,10H2,1-2H3,(H,19,21)(H,20,22). The molecule has 0 saturated heterocycles. The van der Waals surface area contributed by atoms with Gasteiger partial charge in [-0.3, -0.25) is 9.59 Å². The van der Waals surface area contributed by atoms with Gasteiger partial charge in [0.25, 0.3) is 0 Å². The second-order valence-electron chi connectivity index (χ2n) is 4.89. The Labute approximate surface area is 139 Å². The Kier molecular flexibility index (Phi) is 5.60. The maximum atomic E-state index is 12.0. The molecule has 0 radical (unpaired) electrons. The van der Waals surface area contributed by atoms with Gasteiger partial charge in [-0.05, 0) is 36.8 Å². The first kappa shape index (κ1) is 16.8. The van der Waals surface area contributed by atoms with Crippen LogP contribution in [0.3, 0.4) is 0 Å². The fourth-order valence-electron chi connectivity index (χ4n) is 2.03. The van der Waals surface area contributed by atoms with E-state index >= 15 is 0 Å². The Hall–Kier alpha value is -2.53. The molecule has 2 aromatic rings. The quantitative estimate of drug-likeness (QED) is 0.822.